The van der Waals surface area contributed by atoms with Gasteiger partial charge in [-0.3, -0.25) is 9.48 Å². The number of amides is 1. The second-order valence-corrected chi connectivity index (χ2v) is 6.53. The summed E-state index contributed by atoms with van der Waals surface area (Å²) < 4.78 is 1.90. The fourth-order valence-electron chi connectivity index (χ4n) is 2.72. The number of rotatable bonds is 4. The SMILES string of the molecule is Cc1ccc(Cn2nc(C)c(NC(=O)c3ccccc3Cl)c2C)cc1. The van der Waals surface area contributed by atoms with Crippen molar-refractivity contribution in [3.8, 4) is 0 Å². The van der Waals surface area contributed by atoms with Crippen LogP contribution >= 0.6 is 11.6 Å². The van der Waals surface area contributed by atoms with Crippen LogP contribution in [0.25, 0.3) is 0 Å². The van der Waals surface area contributed by atoms with Gasteiger partial charge in [0, 0.05) is 0 Å². The van der Waals surface area contributed by atoms with Crippen LogP contribution in [0.4, 0.5) is 5.69 Å². The highest BCUT2D eigenvalue weighted by Crippen LogP contribution is 2.23. The molecule has 3 aromatic rings. The van der Waals surface area contributed by atoms with Gasteiger partial charge in [-0.1, -0.05) is 53.6 Å². The van der Waals surface area contributed by atoms with E-state index in [1.54, 1.807) is 24.3 Å². The zero-order chi connectivity index (χ0) is 18.0. The van der Waals surface area contributed by atoms with Crippen LogP contribution in [0.5, 0.6) is 0 Å². The van der Waals surface area contributed by atoms with Crippen molar-refractivity contribution in [1.29, 1.82) is 0 Å². The topological polar surface area (TPSA) is 46.9 Å². The molecule has 1 heterocycles. The molecule has 0 aliphatic carbocycles. The molecule has 0 aliphatic rings. The maximum atomic E-state index is 12.5. The lowest BCUT2D eigenvalue weighted by molar-refractivity contribution is 0.102. The molecule has 25 heavy (non-hydrogen) atoms. The Hall–Kier alpha value is -2.59. The quantitative estimate of drug-likeness (QED) is 0.734. The van der Waals surface area contributed by atoms with Gasteiger partial charge in [-0.05, 0) is 38.5 Å². The third-order valence-corrected chi connectivity index (χ3v) is 4.52. The number of nitrogens with zero attached hydrogens (tertiary/aromatic N) is 2. The van der Waals surface area contributed by atoms with Crippen LogP contribution in [0.3, 0.4) is 0 Å². The first-order valence-electron chi connectivity index (χ1n) is 8.11. The second kappa shape index (κ2) is 7.11. The Kier molecular flexibility index (Phi) is 4.91. The first-order chi connectivity index (χ1) is 12.0. The zero-order valence-electron chi connectivity index (χ0n) is 14.5. The maximum absolute atomic E-state index is 12.5. The van der Waals surface area contributed by atoms with Crippen LogP contribution in [0.2, 0.25) is 5.02 Å². The van der Waals surface area contributed by atoms with Crippen molar-refractivity contribution < 1.29 is 4.79 Å². The van der Waals surface area contributed by atoms with E-state index in [9.17, 15) is 4.79 Å². The van der Waals surface area contributed by atoms with Crippen LogP contribution in [0, 0.1) is 20.8 Å². The van der Waals surface area contributed by atoms with Crippen LogP contribution in [0.15, 0.2) is 48.5 Å². The zero-order valence-corrected chi connectivity index (χ0v) is 15.3. The normalized spacial score (nSPS) is 10.7. The van der Waals surface area contributed by atoms with E-state index in [1.807, 2.05) is 18.5 Å². The lowest BCUT2D eigenvalue weighted by Gasteiger charge is -2.08. The molecule has 1 amide bonds. The first-order valence-corrected chi connectivity index (χ1v) is 8.49. The summed E-state index contributed by atoms with van der Waals surface area (Å²) in [5, 5.41) is 7.94. The number of aryl methyl sites for hydroxylation is 2. The van der Waals surface area contributed by atoms with Gasteiger partial charge in [-0.2, -0.15) is 5.10 Å². The monoisotopic (exact) mass is 353 g/mol. The van der Waals surface area contributed by atoms with Crippen molar-refractivity contribution in [1.82, 2.24) is 9.78 Å². The summed E-state index contributed by atoms with van der Waals surface area (Å²) in [5.74, 6) is -0.230. The van der Waals surface area contributed by atoms with Gasteiger partial charge in [0.15, 0.2) is 0 Å². The summed E-state index contributed by atoms with van der Waals surface area (Å²) in [4.78, 5) is 12.5. The van der Waals surface area contributed by atoms with Gasteiger partial charge < -0.3 is 5.32 Å². The molecule has 0 spiro atoms. The Labute approximate surface area is 152 Å². The fraction of sp³-hybridized carbons (Fsp3) is 0.200. The highest BCUT2D eigenvalue weighted by atomic mass is 35.5. The minimum Gasteiger partial charge on any atom is -0.319 e. The predicted octanol–water partition coefficient (Wildman–Crippen LogP) is 4.76. The van der Waals surface area contributed by atoms with E-state index in [1.165, 1.54) is 11.1 Å². The first kappa shape index (κ1) is 17.2. The van der Waals surface area contributed by atoms with Gasteiger partial charge in [0.25, 0.3) is 5.91 Å². The molecule has 3 rings (SSSR count). The van der Waals surface area contributed by atoms with Crippen molar-refractivity contribution >= 4 is 23.2 Å². The van der Waals surface area contributed by atoms with Crippen LogP contribution in [0.1, 0.15) is 32.9 Å². The smallest absolute Gasteiger partial charge is 0.257 e. The van der Waals surface area contributed by atoms with Gasteiger partial charge >= 0.3 is 0 Å². The van der Waals surface area contributed by atoms with Gasteiger partial charge in [-0.15, -0.1) is 0 Å². The van der Waals surface area contributed by atoms with E-state index in [4.69, 9.17) is 11.6 Å². The third-order valence-electron chi connectivity index (χ3n) is 4.19. The molecule has 128 valence electrons. The molecule has 4 nitrogen and oxygen atoms in total. The number of carbonyl (C=O) groups is 1. The maximum Gasteiger partial charge on any atom is 0.257 e. The Morgan fingerprint density at radius 1 is 1.08 bits per heavy atom. The van der Waals surface area contributed by atoms with Crippen molar-refractivity contribution in [2.24, 2.45) is 0 Å². The van der Waals surface area contributed by atoms with Crippen molar-refractivity contribution in [3.05, 3.63) is 81.6 Å². The summed E-state index contributed by atoms with van der Waals surface area (Å²) in [6.45, 7) is 6.57. The number of halogens is 1. The standard InChI is InChI=1S/C20H20ClN3O/c1-13-8-10-16(11-9-13)12-24-15(3)19(14(2)23-24)22-20(25)17-6-4-5-7-18(17)21/h4-11H,12H2,1-3H3,(H,22,25). The van der Waals surface area contributed by atoms with Crippen LogP contribution in [-0.2, 0) is 6.54 Å². The molecule has 0 unspecified atom stereocenters. The van der Waals surface area contributed by atoms with E-state index in [0.717, 1.165) is 17.1 Å². The molecule has 0 bridgehead atoms. The van der Waals surface area contributed by atoms with E-state index in [-0.39, 0.29) is 5.91 Å². The minimum absolute atomic E-state index is 0.230. The van der Waals surface area contributed by atoms with E-state index in [2.05, 4.69) is 41.6 Å². The number of hydrogen-bond donors (Lipinski definition) is 1. The Bertz CT molecular complexity index is 913. The summed E-state index contributed by atoms with van der Waals surface area (Å²) in [5.41, 5.74) is 5.28. The number of aromatic nitrogens is 2. The number of nitrogens with one attached hydrogen (secondary N) is 1. The summed E-state index contributed by atoms with van der Waals surface area (Å²) in [6.07, 6.45) is 0. The molecule has 0 radical (unpaired) electrons. The van der Waals surface area contributed by atoms with Gasteiger partial charge in [-0.25, -0.2) is 0 Å². The van der Waals surface area contributed by atoms with Gasteiger partial charge in [0.1, 0.15) is 0 Å². The second-order valence-electron chi connectivity index (χ2n) is 6.12. The lowest BCUT2D eigenvalue weighted by atomic mass is 10.1. The molecule has 5 heteroatoms. The number of benzene rings is 2. The molecule has 0 saturated heterocycles. The van der Waals surface area contributed by atoms with E-state index >= 15 is 0 Å². The van der Waals surface area contributed by atoms with E-state index < -0.39 is 0 Å². The van der Waals surface area contributed by atoms with Crippen molar-refractivity contribution in [2.45, 2.75) is 27.3 Å². The molecule has 1 aromatic heterocycles. The molecule has 0 aliphatic heterocycles. The molecule has 0 fully saturated rings. The van der Waals surface area contributed by atoms with Crippen LogP contribution in [-0.4, -0.2) is 15.7 Å². The number of anilines is 1. The Morgan fingerprint density at radius 3 is 2.44 bits per heavy atom. The van der Waals surface area contributed by atoms with Crippen molar-refractivity contribution in [2.75, 3.05) is 5.32 Å². The minimum atomic E-state index is -0.230. The van der Waals surface area contributed by atoms with E-state index in [0.29, 0.717) is 17.1 Å². The Morgan fingerprint density at radius 2 is 1.76 bits per heavy atom. The van der Waals surface area contributed by atoms with Gasteiger partial charge in [0.05, 0.1) is 34.2 Å². The lowest BCUT2D eigenvalue weighted by Crippen LogP contribution is -2.14. The highest BCUT2D eigenvalue weighted by Gasteiger charge is 2.16. The summed E-state index contributed by atoms with van der Waals surface area (Å²) in [6, 6.07) is 15.4. The number of hydrogen-bond acceptors (Lipinski definition) is 2. The van der Waals surface area contributed by atoms with Crippen LogP contribution < -0.4 is 5.32 Å². The predicted molar refractivity (Wildman–Crippen MR) is 101 cm³/mol. The summed E-state index contributed by atoms with van der Waals surface area (Å²) >= 11 is 6.11. The van der Waals surface area contributed by atoms with Crippen molar-refractivity contribution in [3.63, 3.8) is 0 Å². The molecule has 0 atom stereocenters. The molecule has 1 N–H and O–H groups in total. The largest absolute Gasteiger partial charge is 0.319 e. The average molecular weight is 354 g/mol. The molecular formula is C20H20ClN3O. The molecule has 0 saturated carbocycles. The summed E-state index contributed by atoms with van der Waals surface area (Å²) in [7, 11) is 0. The Balaban J connectivity index is 1.83. The number of carbonyl (C=O) groups excluding carboxylic acids is 1. The fourth-order valence-corrected chi connectivity index (χ4v) is 2.95. The average Bonchev–Trinajstić information content (AvgIpc) is 2.85. The molecule has 2 aromatic carbocycles. The third kappa shape index (κ3) is 3.74. The van der Waals surface area contributed by atoms with Gasteiger partial charge in [0.2, 0.25) is 0 Å². The molecular weight excluding hydrogens is 334 g/mol. The highest BCUT2D eigenvalue weighted by molar-refractivity contribution is 6.34.